The lowest BCUT2D eigenvalue weighted by Gasteiger charge is -2.57. The van der Waals surface area contributed by atoms with Gasteiger partial charge in [-0.05, 0) is 57.2 Å². The van der Waals surface area contributed by atoms with Crippen LogP contribution in [-0.2, 0) is 9.47 Å². The molecule has 1 heterocycles. The van der Waals surface area contributed by atoms with Gasteiger partial charge in [0, 0.05) is 0 Å². The Morgan fingerprint density at radius 1 is 1.19 bits per heavy atom. The first-order chi connectivity index (χ1) is 12.6. The molecule has 0 radical (unpaired) electrons. The Bertz CT molecular complexity index is 785. The van der Waals surface area contributed by atoms with Gasteiger partial charge >= 0.3 is 5.97 Å². The molecule has 1 aromatic rings. The van der Waals surface area contributed by atoms with Gasteiger partial charge in [0.2, 0.25) is 0 Å². The van der Waals surface area contributed by atoms with Crippen LogP contribution in [0.2, 0.25) is 0 Å². The molecule has 27 heavy (non-hydrogen) atoms. The van der Waals surface area contributed by atoms with Crippen molar-refractivity contribution >= 4 is 5.97 Å². The zero-order valence-corrected chi connectivity index (χ0v) is 16.3. The van der Waals surface area contributed by atoms with Crippen molar-refractivity contribution in [3.05, 3.63) is 47.5 Å². The summed E-state index contributed by atoms with van der Waals surface area (Å²) in [4.78, 5) is 12.8. The van der Waals surface area contributed by atoms with E-state index in [1.807, 2.05) is 19.9 Å². The molecule has 5 nitrogen and oxygen atoms in total. The molecule has 0 amide bonds. The maximum atomic E-state index is 12.8. The van der Waals surface area contributed by atoms with Gasteiger partial charge < -0.3 is 19.7 Å². The van der Waals surface area contributed by atoms with Crippen LogP contribution in [0.15, 0.2) is 42.0 Å². The molecule has 2 fully saturated rings. The maximum Gasteiger partial charge on any atom is 0.338 e. The summed E-state index contributed by atoms with van der Waals surface area (Å²) in [6.45, 7) is 7.93. The fraction of sp³-hybridized carbons (Fsp3) is 0.591. The van der Waals surface area contributed by atoms with Gasteiger partial charge in [0.05, 0.1) is 28.8 Å². The van der Waals surface area contributed by atoms with Crippen molar-refractivity contribution in [2.45, 2.75) is 70.1 Å². The van der Waals surface area contributed by atoms with Gasteiger partial charge in [-0.25, -0.2) is 4.79 Å². The number of benzene rings is 1. The minimum absolute atomic E-state index is 0.199. The van der Waals surface area contributed by atoms with Crippen molar-refractivity contribution in [3.63, 3.8) is 0 Å². The quantitative estimate of drug-likeness (QED) is 0.617. The number of esters is 1. The van der Waals surface area contributed by atoms with Gasteiger partial charge in [0.15, 0.2) is 0 Å². The molecule has 1 spiro atoms. The first-order valence-electron chi connectivity index (χ1n) is 9.63. The molecule has 2 bridgehead atoms. The number of aliphatic hydroxyl groups excluding tert-OH is 2. The summed E-state index contributed by atoms with van der Waals surface area (Å²) in [6, 6.07) is 8.87. The second-order valence-corrected chi connectivity index (χ2v) is 9.00. The SMILES string of the molecule is CC1=C[C@H](O)[C@@H](O)[C@@]2(C)[C@@H](OC(=O)c3ccccc3)C[C@@H]3C[C@]12OC3(C)C. The van der Waals surface area contributed by atoms with E-state index in [1.54, 1.807) is 30.3 Å². The highest BCUT2D eigenvalue weighted by Gasteiger charge is 2.72. The normalized spacial score (nSPS) is 42.2. The van der Waals surface area contributed by atoms with Gasteiger partial charge in [0.1, 0.15) is 11.7 Å². The summed E-state index contributed by atoms with van der Waals surface area (Å²) < 4.78 is 12.6. The highest BCUT2D eigenvalue weighted by Crippen LogP contribution is 2.65. The molecule has 146 valence electrons. The third-order valence-electron chi connectivity index (χ3n) is 7.25. The van der Waals surface area contributed by atoms with Crippen molar-refractivity contribution in [2.24, 2.45) is 11.3 Å². The highest BCUT2D eigenvalue weighted by molar-refractivity contribution is 5.89. The first kappa shape index (κ1) is 18.7. The first-order valence-corrected chi connectivity index (χ1v) is 9.63. The Labute approximate surface area is 160 Å². The Kier molecular flexibility index (Phi) is 4.08. The molecule has 0 unspecified atom stereocenters. The lowest BCUT2D eigenvalue weighted by atomic mass is 9.52. The summed E-state index contributed by atoms with van der Waals surface area (Å²) in [5.41, 5.74) is -0.698. The van der Waals surface area contributed by atoms with E-state index in [9.17, 15) is 15.0 Å². The molecule has 6 atom stereocenters. The van der Waals surface area contributed by atoms with Crippen molar-refractivity contribution in [2.75, 3.05) is 0 Å². The molecular weight excluding hydrogens is 344 g/mol. The third kappa shape index (κ3) is 2.45. The van der Waals surface area contributed by atoms with E-state index in [0.29, 0.717) is 12.0 Å². The Morgan fingerprint density at radius 2 is 1.85 bits per heavy atom. The fourth-order valence-corrected chi connectivity index (χ4v) is 5.50. The standard InChI is InChI=1S/C22H28O5/c1-13-10-16(23)18(24)21(4)17(26-19(25)14-8-6-5-7-9-14)11-15-12-22(13,21)27-20(15,2)3/h5-10,15-18,23-24H,11-12H2,1-4H3/t15-,16+,17+,18-,21-,22+/m1/s1. The van der Waals surface area contributed by atoms with Crippen LogP contribution in [0.25, 0.3) is 0 Å². The van der Waals surface area contributed by atoms with Crippen molar-refractivity contribution < 1.29 is 24.5 Å². The van der Waals surface area contributed by atoms with E-state index in [4.69, 9.17) is 9.47 Å². The summed E-state index contributed by atoms with van der Waals surface area (Å²) in [6.07, 6.45) is 0.390. The van der Waals surface area contributed by atoms with Crippen LogP contribution >= 0.6 is 0 Å². The Balaban J connectivity index is 1.77. The Morgan fingerprint density at radius 3 is 2.52 bits per heavy atom. The largest absolute Gasteiger partial charge is 0.458 e. The summed E-state index contributed by atoms with van der Waals surface area (Å²) in [5, 5.41) is 21.5. The smallest absolute Gasteiger partial charge is 0.338 e. The molecule has 1 saturated heterocycles. The predicted molar refractivity (Wildman–Crippen MR) is 100 cm³/mol. The second kappa shape index (κ2) is 5.90. The topological polar surface area (TPSA) is 76.0 Å². The maximum absolute atomic E-state index is 12.8. The molecule has 1 aromatic carbocycles. The molecule has 2 aliphatic carbocycles. The van der Waals surface area contributed by atoms with Crippen LogP contribution in [0, 0.1) is 11.3 Å². The van der Waals surface area contributed by atoms with E-state index < -0.39 is 40.9 Å². The van der Waals surface area contributed by atoms with Crippen LogP contribution in [0.4, 0.5) is 0 Å². The zero-order valence-electron chi connectivity index (χ0n) is 16.3. The average molecular weight is 372 g/mol. The molecule has 0 aromatic heterocycles. The van der Waals surface area contributed by atoms with Gasteiger partial charge in [-0.3, -0.25) is 0 Å². The number of hydrogen-bond donors (Lipinski definition) is 2. The minimum atomic E-state index is -1.08. The number of fused-ring (bicyclic) bond motifs is 1. The number of hydrogen-bond acceptors (Lipinski definition) is 5. The van der Waals surface area contributed by atoms with E-state index in [-0.39, 0.29) is 5.92 Å². The van der Waals surface area contributed by atoms with E-state index in [0.717, 1.165) is 12.0 Å². The molecule has 1 saturated carbocycles. The van der Waals surface area contributed by atoms with Gasteiger partial charge in [-0.1, -0.05) is 31.2 Å². The molecule has 4 rings (SSSR count). The summed E-state index contributed by atoms with van der Waals surface area (Å²) in [5.74, 6) is -0.213. The van der Waals surface area contributed by atoms with Gasteiger partial charge in [0.25, 0.3) is 0 Å². The fourth-order valence-electron chi connectivity index (χ4n) is 5.50. The number of ether oxygens (including phenoxy) is 2. The molecular formula is C22H28O5. The zero-order chi connectivity index (χ0) is 19.6. The Hall–Kier alpha value is -1.69. The monoisotopic (exact) mass is 372 g/mol. The highest BCUT2D eigenvalue weighted by atomic mass is 16.6. The number of carbonyl (C=O) groups excluding carboxylic acids is 1. The lowest BCUT2D eigenvalue weighted by Crippen LogP contribution is -2.67. The van der Waals surface area contributed by atoms with Crippen molar-refractivity contribution in [1.29, 1.82) is 0 Å². The van der Waals surface area contributed by atoms with E-state index in [1.165, 1.54) is 0 Å². The number of aliphatic hydroxyl groups is 2. The molecule has 3 aliphatic rings. The van der Waals surface area contributed by atoms with Crippen LogP contribution < -0.4 is 0 Å². The van der Waals surface area contributed by atoms with Crippen molar-refractivity contribution in [1.82, 2.24) is 0 Å². The molecule has 2 N–H and O–H groups in total. The van der Waals surface area contributed by atoms with E-state index in [2.05, 4.69) is 13.8 Å². The summed E-state index contributed by atoms with van der Waals surface area (Å²) >= 11 is 0. The van der Waals surface area contributed by atoms with Crippen LogP contribution in [-0.4, -0.2) is 45.7 Å². The second-order valence-electron chi connectivity index (χ2n) is 9.00. The van der Waals surface area contributed by atoms with Crippen molar-refractivity contribution in [3.8, 4) is 0 Å². The number of rotatable bonds is 2. The third-order valence-corrected chi connectivity index (χ3v) is 7.25. The lowest BCUT2D eigenvalue weighted by molar-refractivity contribution is -0.218. The van der Waals surface area contributed by atoms with Crippen LogP contribution in [0.3, 0.4) is 0 Å². The minimum Gasteiger partial charge on any atom is -0.458 e. The molecule has 5 heteroatoms. The van der Waals surface area contributed by atoms with Crippen LogP contribution in [0.1, 0.15) is 50.9 Å². The van der Waals surface area contributed by atoms with Crippen LogP contribution in [0.5, 0.6) is 0 Å². The van der Waals surface area contributed by atoms with Gasteiger partial charge in [-0.2, -0.15) is 0 Å². The van der Waals surface area contributed by atoms with Gasteiger partial charge in [-0.15, -0.1) is 0 Å². The average Bonchev–Trinajstić information content (AvgIpc) is 2.87. The summed E-state index contributed by atoms with van der Waals surface area (Å²) in [7, 11) is 0. The number of carbonyl (C=O) groups is 1. The molecule has 1 aliphatic heterocycles. The predicted octanol–water partition coefficient (Wildman–Crippen LogP) is 2.86. The van der Waals surface area contributed by atoms with E-state index >= 15 is 0 Å².